The number of nitrogens with one attached hydrogen (secondary N) is 2. The fourth-order valence-electron chi connectivity index (χ4n) is 1.95. The van der Waals surface area contributed by atoms with Crippen molar-refractivity contribution in [3.63, 3.8) is 0 Å². The molecule has 2 rings (SSSR count). The van der Waals surface area contributed by atoms with Gasteiger partial charge in [0, 0.05) is 12.1 Å². The van der Waals surface area contributed by atoms with Gasteiger partial charge in [-0.3, -0.25) is 4.79 Å². The standard InChI is InChI=1S/C13H18N2O3/c1-8(6-16)14-9(2)10-3-4-12-11(5-10)15-13(17)7-18-12/h3-5,8-9,14,16H,6-7H2,1-2H3,(H,15,17)/t8-,9?/m1/s1. The molecule has 0 radical (unpaired) electrons. The van der Waals surface area contributed by atoms with Crippen LogP contribution in [0.15, 0.2) is 18.2 Å². The average Bonchev–Trinajstić information content (AvgIpc) is 2.37. The molecule has 0 bridgehead atoms. The third-order valence-electron chi connectivity index (χ3n) is 2.94. The maximum atomic E-state index is 11.2. The molecule has 0 spiro atoms. The van der Waals surface area contributed by atoms with Gasteiger partial charge in [-0.1, -0.05) is 6.07 Å². The summed E-state index contributed by atoms with van der Waals surface area (Å²) in [6.07, 6.45) is 0. The van der Waals surface area contributed by atoms with Gasteiger partial charge in [0.1, 0.15) is 5.75 Å². The zero-order chi connectivity index (χ0) is 13.1. The Kier molecular flexibility index (Phi) is 3.84. The SMILES string of the molecule is CC(N[C@H](C)CO)c1ccc2c(c1)NC(=O)CO2. The summed E-state index contributed by atoms with van der Waals surface area (Å²) >= 11 is 0. The van der Waals surface area contributed by atoms with Gasteiger partial charge < -0.3 is 20.5 Å². The third kappa shape index (κ3) is 2.80. The first kappa shape index (κ1) is 12.9. The number of ether oxygens (including phenoxy) is 1. The van der Waals surface area contributed by atoms with E-state index in [1.54, 1.807) is 0 Å². The zero-order valence-electron chi connectivity index (χ0n) is 10.6. The Balaban J connectivity index is 2.15. The second-order valence-electron chi connectivity index (χ2n) is 4.56. The van der Waals surface area contributed by atoms with Crippen molar-refractivity contribution >= 4 is 11.6 Å². The fourth-order valence-corrected chi connectivity index (χ4v) is 1.95. The van der Waals surface area contributed by atoms with E-state index in [-0.39, 0.29) is 31.2 Å². The van der Waals surface area contributed by atoms with E-state index in [4.69, 9.17) is 9.84 Å². The smallest absolute Gasteiger partial charge is 0.262 e. The molecule has 5 heteroatoms. The second kappa shape index (κ2) is 5.37. The lowest BCUT2D eigenvalue weighted by atomic mass is 10.1. The molecule has 1 aromatic rings. The molecule has 3 N–H and O–H groups in total. The Morgan fingerprint density at radius 2 is 2.28 bits per heavy atom. The van der Waals surface area contributed by atoms with Crippen LogP contribution in [-0.4, -0.2) is 30.3 Å². The topological polar surface area (TPSA) is 70.6 Å². The lowest BCUT2D eigenvalue weighted by Crippen LogP contribution is -2.32. The monoisotopic (exact) mass is 250 g/mol. The van der Waals surface area contributed by atoms with Crippen LogP contribution >= 0.6 is 0 Å². The number of hydrogen-bond acceptors (Lipinski definition) is 4. The summed E-state index contributed by atoms with van der Waals surface area (Å²) < 4.78 is 5.30. The summed E-state index contributed by atoms with van der Waals surface area (Å²) in [5, 5.41) is 15.1. The number of fused-ring (bicyclic) bond motifs is 1. The normalized spacial score (nSPS) is 17.4. The predicted octanol–water partition coefficient (Wildman–Crippen LogP) is 1.05. The highest BCUT2D eigenvalue weighted by Gasteiger charge is 2.17. The summed E-state index contributed by atoms with van der Waals surface area (Å²) in [4.78, 5) is 11.2. The molecule has 1 unspecified atom stereocenters. The minimum Gasteiger partial charge on any atom is -0.482 e. The number of anilines is 1. The Bertz CT molecular complexity index is 448. The quantitative estimate of drug-likeness (QED) is 0.747. The molecule has 0 saturated carbocycles. The number of carbonyl (C=O) groups excluding carboxylic acids is 1. The van der Waals surface area contributed by atoms with Gasteiger partial charge in [0.25, 0.3) is 5.91 Å². The van der Waals surface area contributed by atoms with Gasteiger partial charge in [0.2, 0.25) is 0 Å². The Hall–Kier alpha value is -1.59. The van der Waals surface area contributed by atoms with Crippen molar-refractivity contribution in [1.29, 1.82) is 0 Å². The molecule has 1 amide bonds. The van der Waals surface area contributed by atoms with Crippen LogP contribution in [0.2, 0.25) is 0 Å². The number of carbonyl (C=O) groups is 1. The molecular formula is C13H18N2O3. The van der Waals surface area contributed by atoms with Crippen molar-refractivity contribution in [1.82, 2.24) is 5.32 Å². The average molecular weight is 250 g/mol. The molecule has 0 saturated heterocycles. The molecule has 5 nitrogen and oxygen atoms in total. The van der Waals surface area contributed by atoms with E-state index >= 15 is 0 Å². The van der Waals surface area contributed by atoms with Crippen LogP contribution in [0, 0.1) is 0 Å². The Labute approximate surface area is 106 Å². The van der Waals surface area contributed by atoms with Gasteiger partial charge >= 0.3 is 0 Å². The molecule has 1 aliphatic heterocycles. The summed E-state index contributed by atoms with van der Waals surface area (Å²) in [6.45, 7) is 4.09. The zero-order valence-corrected chi connectivity index (χ0v) is 10.6. The van der Waals surface area contributed by atoms with Gasteiger partial charge in [-0.25, -0.2) is 0 Å². The summed E-state index contributed by atoms with van der Waals surface area (Å²) in [5.74, 6) is 0.560. The van der Waals surface area contributed by atoms with E-state index in [0.29, 0.717) is 11.4 Å². The second-order valence-corrected chi connectivity index (χ2v) is 4.56. The van der Waals surface area contributed by atoms with Crippen molar-refractivity contribution in [2.45, 2.75) is 25.9 Å². The van der Waals surface area contributed by atoms with Gasteiger partial charge in [-0.05, 0) is 31.5 Å². The molecule has 1 aliphatic rings. The van der Waals surface area contributed by atoms with Crippen LogP contribution in [0.25, 0.3) is 0 Å². The molecule has 1 heterocycles. The van der Waals surface area contributed by atoms with Crippen molar-refractivity contribution in [2.75, 3.05) is 18.5 Å². The van der Waals surface area contributed by atoms with Crippen molar-refractivity contribution in [2.24, 2.45) is 0 Å². The summed E-state index contributed by atoms with van der Waals surface area (Å²) in [5.41, 5.74) is 1.74. The highest BCUT2D eigenvalue weighted by atomic mass is 16.5. The van der Waals surface area contributed by atoms with Crippen LogP contribution in [0.1, 0.15) is 25.5 Å². The van der Waals surface area contributed by atoms with E-state index in [2.05, 4.69) is 10.6 Å². The van der Waals surface area contributed by atoms with E-state index in [1.165, 1.54) is 0 Å². The number of aliphatic hydroxyl groups is 1. The maximum absolute atomic E-state index is 11.2. The molecule has 1 aromatic carbocycles. The van der Waals surface area contributed by atoms with E-state index in [9.17, 15) is 4.79 Å². The first-order chi connectivity index (χ1) is 8.60. The van der Waals surface area contributed by atoms with Crippen LogP contribution < -0.4 is 15.4 Å². The van der Waals surface area contributed by atoms with Crippen molar-refractivity contribution in [3.8, 4) is 5.75 Å². The van der Waals surface area contributed by atoms with E-state index in [0.717, 1.165) is 5.56 Å². The third-order valence-corrected chi connectivity index (χ3v) is 2.94. The van der Waals surface area contributed by atoms with Crippen LogP contribution in [0.3, 0.4) is 0 Å². The molecule has 18 heavy (non-hydrogen) atoms. The summed E-state index contributed by atoms with van der Waals surface area (Å²) in [7, 11) is 0. The van der Waals surface area contributed by atoms with E-state index < -0.39 is 0 Å². The van der Waals surface area contributed by atoms with E-state index in [1.807, 2.05) is 32.0 Å². The van der Waals surface area contributed by atoms with Crippen LogP contribution in [-0.2, 0) is 4.79 Å². The van der Waals surface area contributed by atoms with Crippen LogP contribution in [0.4, 0.5) is 5.69 Å². The molecule has 0 aromatic heterocycles. The fraction of sp³-hybridized carbons (Fsp3) is 0.462. The predicted molar refractivity (Wildman–Crippen MR) is 68.7 cm³/mol. The first-order valence-corrected chi connectivity index (χ1v) is 6.03. The van der Waals surface area contributed by atoms with Gasteiger partial charge in [-0.15, -0.1) is 0 Å². The number of amides is 1. The first-order valence-electron chi connectivity index (χ1n) is 6.03. The lowest BCUT2D eigenvalue weighted by Gasteiger charge is -2.22. The molecule has 2 atom stereocenters. The highest BCUT2D eigenvalue weighted by Crippen LogP contribution is 2.30. The Morgan fingerprint density at radius 3 is 3.00 bits per heavy atom. The van der Waals surface area contributed by atoms with Crippen molar-refractivity contribution < 1.29 is 14.6 Å². The molecule has 0 aliphatic carbocycles. The summed E-state index contributed by atoms with van der Waals surface area (Å²) in [6, 6.07) is 5.83. The highest BCUT2D eigenvalue weighted by molar-refractivity contribution is 5.95. The van der Waals surface area contributed by atoms with Gasteiger partial charge in [-0.2, -0.15) is 0 Å². The van der Waals surface area contributed by atoms with Gasteiger partial charge in [0.15, 0.2) is 6.61 Å². The van der Waals surface area contributed by atoms with Crippen LogP contribution in [0.5, 0.6) is 5.75 Å². The van der Waals surface area contributed by atoms with Crippen molar-refractivity contribution in [3.05, 3.63) is 23.8 Å². The minimum atomic E-state index is -0.135. The molecule has 98 valence electrons. The van der Waals surface area contributed by atoms with Gasteiger partial charge in [0.05, 0.1) is 12.3 Å². The largest absolute Gasteiger partial charge is 0.482 e. The number of benzene rings is 1. The molecule has 0 fully saturated rings. The minimum absolute atomic E-state index is 0.0295. The maximum Gasteiger partial charge on any atom is 0.262 e. The molecular weight excluding hydrogens is 232 g/mol. The Morgan fingerprint density at radius 1 is 1.50 bits per heavy atom. The lowest BCUT2D eigenvalue weighted by molar-refractivity contribution is -0.118. The number of hydrogen-bond donors (Lipinski definition) is 3. The number of aliphatic hydroxyl groups excluding tert-OH is 1. The number of rotatable bonds is 4.